The van der Waals surface area contributed by atoms with Crippen LogP contribution in [-0.4, -0.2) is 28.8 Å². The number of benzene rings is 1. The van der Waals surface area contributed by atoms with E-state index in [0.717, 1.165) is 0 Å². The van der Waals surface area contributed by atoms with Gasteiger partial charge >= 0.3 is 0 Å². The molecule has 1 atom stereocenters. The zero-order valence-corrected chi connectivity index (χ0v) is 10.1. The molecule has 0 heterocycles. The van der Waals surface area contributed by atoms with Crippen LogP contribution < -0.4 is 10.6 Å². The molecule has 0 spiro atoms. The molecule has 0 saturated heterocycles. The summed E-state index contributed by atoms with van der Waals surface area (Å²) >= 11 is 4.85. The van der Waals surface area contributed by atoms with Gasteiger partial charge in [0.2, 0.25) is 0 Å². The van der Waals surface area contributed by atoms with Crippen molar-refractivity contribution >= 4 is 23.2 Å². The van der Waals surface area contributed by atoms with Crippen molar-refractivity contribution in [3.63, 3.8) is 0 Å². The third kappa shape index (κ3) is 4.88. The SMILES string of the molecule is CC(O)CNC(=S)NC(=O)c1ccc(F)cc1. The number of thiocarbonyl (C=S) groups is 1. The van der Waals surface area contributed by atoms with E-state index in [0.29, 0.717) is 5.56 Å². The van der Waals surface area contributed by atoms with Crippen LogP contribution in [0.25, 0.3) is 0 Å². The summed E-state index contributed by atoms with van der Waals surface area (Å²) in [5.74, 6) is -0.829. The van der Waals surface area contributed by atoms with Gasteiger partial charge in [-0.3, -0.25) is 10.1 Å². The molecule has 1 unspecified atom stereocenters. The first-order valence-corrected chi connectivity index (χ1v) is 5.42. The Kier molecular flexibility index (Phi) is 4.99. The highest BCUT2D eigenvalue weighted by atomic mass is 32.1. The highest BCUT2D eigenvalue weighted by molar-refractivity contribution is 7.80. The molecule has 0 aliphatic rings. The van der Waals surface area contributed by atoms with Crippen molar-refractivity contribution in [2.24, 2.45) is 0 Å². The number of aliphatic hydroxyl groups is 1. The van der Waals surface area contributed by atoms with E-state index >= 15 is 0 Å². The predicted octanol–water partition coefficient (Wildman–Crippen LogP) is 0.811. The first-order chi connectivity index (χ1) is 7.99. The van der Waals surface area contributed by atoms with Crippen molar-refractivity contribution in [2.75, 3.05) is 6.54 Å². The number of halogens is 1. The minimum Gasteiger partial charge on any atom is -0.392 e. The fourth-order valence-electron chi connectivity index (χ4n) is 1.06. The van der Waals surface area contributed by atoms with Gasteiger partial charge in [0.1, 0.15) is 5.82 Å². The van der Waals surface area contributed by atoms with Crippen molar-refractivity contribution < 1.29 is 14.3 Å². The lowest BCUT2D eigenvalue weighted by atomic mass is 10.2. The van der Waals surface area contributed by atoms with E-state index in [4.69, 9.17) is 17.3 Å². The molecule has 1 rings (SSSR count). The molecule has 1 amide bonds. The van der Waals surface area contributed by atoms with Crippen LogP contribution in [0.15, 0.2) is 24.3 Å². The van der Waals surface area contributed by atoms with Crippen LogP contribution in [-0.2, 0) is 0 Å². The van der Waals surface area contributed by atoms with E-state index < -0.39 is 17.8 Å². The second-order valence-electron chi connectivity index (χ2n) is 3.52. The second-order valence-corrected chi connectivity index (χ2v) is 3.93. The maximum absolute atomic E-state index is 12.6. The first kappa shape index (κ1) is 13.5. The van der Waals surface area contributed by atoms with Crippen LogP contribution in [0.2, 0.25) is 0 Å². The average Bonchev–Trinajstić information content (AvgIpc) is 2.27. The Balaban J connectivity index is 2.49. The summed E-state index contributed by atoms with van der Waals surface area (Å²) in [7, 11) is 0. The standard InChI is InChI=1S/C11H13FN2O2S/c1-7(15)6-13-11(17)14-10(16)8-2-4-9(12)5-3-8/h2-5,7,15H,6H2,1H3,(H2,13,14,16,17). The van der Waals surface area contributed by atoms with Crippen LogP contribution in [0.1, 0.15) is 17.3 Å². The van der Waals surface area contributed by atoms with Gasteiger partial charge in [0, 0.05) is 12.1 Å². The lowest BCUT2D eigenvalue weighted by Crippen LogP contribution is -2.41. The zero-order chi connectivity index (χ0) is 12.8. The molecule has 0 radical (unpaired) electrons. The highest BCUT2D eigenvalue weighted by Crippen LogP contribution is 2.02. The summed E-state index contributed by atoms with van der Waals surface area (Å²) in [5, 5.41) is 14.2. The molecule has 1 aromatic rings. The molecule has 0 fully saturated rings. The topological polar surface area (TPSA) is 61.4 Å². The summed E-state index contributed by atoms with van der Waals surface area (Å²) in [6, 6.07) is 5.12. The number of carbonyl (C=O) groups excluding carboxylic acids is 1. The first-order valence-electron chi connectivity index (χ1n) is 5.02. The number of amides is 1. The van der Waals surface area contributed by atoms with Crippen LogP contribution in [0, 0.1) is 5.82 Å². The fraction of sp³-hybridized carbons (Fsp3) is 0.273. The molecule has 6 heteroatoms. The van der Waals surface area contributed by atoms with Crippen LogP contribution in [0.3, 0.4) is 0 Å². The number of carbonyl (C=O) groups is 1. The summed E-state index contributed by atoms with van der Waals surface area (Å²) < 4.78 is 12.6. The third-order valence-corrected chi connectivity index (χ3v) is 2.14. The van der Waals surface area contributed by atoms with Crippen molar-refractivity contribution in [2.45, 2.75) is 13.0 Å². The third-order valence-electron chi connectivity index (χ3n) is 1.89. The van der Waals surface area contributed by atoms with Crippen molar-refractivity contribution in [1.29, 1.82) is 0 Å². The van der Waals surface area contributed by atoms with E-state index in [-0.39, 0.29) is 11.7 Å². The zero-order valence-electron chi connectivity index (χ0n) is 9.24. The number of hydrogen-bond donors (Lipinski definition) is 3. The minimum atomic E-state index is -0.560. The van der Waals surface area contributed by atoms with Gasteiger partial charge in [-0.15, -0.1) is 0 Å². The summed E-state index contributed by atoms with van der Waals surface area (Å²) in [6.45, 7) is 1.85. The van der Waals surface area contributed by atoms with E-state index in [9.17, 15) is 9.18 Å². The average molecular weight is 256 g/mol. The van der Waals surface area contributed by atoms with E-state index in [2.05, 4.69) is 10.6 Å². The van der Waals surface area contributed by atoms with Gasteiger partial charge < -0.3 is 10.4 Å². The molecular formula is C11H13FN2O2S. The largest absolute Gasteiger partial charge is 0.392 e. The number of rotatable bonds is 3. The molecule has 3 N–H and O–H groups in total. The molecule has 0 saturated carbocycles. The molecular weight excluding hydrogens is 243 g/mol. The lowest BCUT2D eigenvalue weighted by Gasteiger charge is -2.10. The monoisotopic (exact) mass is 256 g/mol. The quantitative estimate of drug-likeness (QED) is 0.700. The van der Waals surface area contributed by atoms with Gasteiger partial charge in [-0.1, -0.05) is 0 Å². The maximum atomic E-state index is 12.6. The fourth-order valence-corrected chi connectivity index (χ4v) is 1.24. The Hall–Kier alpha value is -1.53. The molecule has 1 aromatic carbocycles. The summed E-state index contributed by atoms with van der Waals surface area (Å²) in [5.41, 5.74) is 0.313. The predicted molar refractivity (Wildman–Crippen MR) is 66.1 cm³/mol. The number of hydrogen-bond acceptors (Lipinski definition) is 3. The Labute approximate surface area is 104 Å². The van der Waals surface area contributed by atoms with Gasteiger partial charge in [-0.05, 0) is 43.4 Å². The summed E-state index contributed by atoms with van der Waals surface area (Å²) in [4.78, 5) is 11.6. The highest BCUT2D eigenvalue weighted by Gasteiger charge is 2.07. The number of aliphatic hydroxyl groups excluding tert-OH is 1. The minimum absolute atomic E-state index is 0.125. The van der Waals surface area contributed by atoms with Crippen molar-refractivity contribution in [3.8, 4) is 0 Å². The normalized spacial score (nSPS) is 11.7. The van der Waals surface area contributed by atoms with E-state index in [1.807, 2.05) is 0 Å². The van der Waals surface area contributed by atoms with Gasteiger partial charge in [0.05, 0.1) is 6.10 Å². The van der Waals surface area contributed by atoms with Crippen LogP contribution >= 0.6 is 12.2 Å². The van der Waals surface area contributed by atoms with Crippen molar-refractivity contribution in [1.82, 2.24) is 10.6 Å². The molecule has 0 aliphatic heterocycles. The Morgan fingerprint density at radius 1 is 1.47 bits per heavy atom. The smallest absolute Gasteiger partial charge is 0.257 e. The Bertz CT molecular complexity index is 406. The maximum Gasteiger partial charge on any atom is 0.257 e. The second kappa shape index (κ2) is 6.27. The lowest BCUT2D eigenvalue weighted by molar-refractivity contribution is 0.0976. The van der Waals surface area contributed by atoms with Crippen LogP contribution in [0.5, 0.6) is 0 Å². The Morgan fingerprint density at radius 3 is 2.59 bits per heavy atom. The number of nitrogens with one attached hydrogen (secondary N) is 2. The Morgan fingerprint density at radius 2 is 2.06 bits per heavy atom. The molecule has 4 nitrogen and oxygen atoms in total. The summed E-state index contributed by atoms with van der Waals surface area (Å²) in [6.07, 6.45) is -0.560. The van der Waals surface area contributed by atoms with E-state index in [1.165, 1.54) is 24.3 Å². The molecule has 0 aliphatic carbocycles. The molecule has 17 heavy (non-hydrogen) atoms. The van der Waals surface area contributed by atoms with Crippen molar-refractivity contribution in [3.05, 3.63) is 35.6 Å². The van der Waals surface area contributed by atoms with E-state index in [1.54, 1.807) is 6.92 Å². The van der Waals surface area contributed by atoms with Gasteiger partial charge in [-0.2, -0.15) is 0 Å². The van der Waals surface area contributed by atoms with Gasteiger partial charge in [0.25, 0.3) is 5.91 Å². The molecule has 0 bridgehead atoms. The van der Waals surface area contributed by atoms with Crippen LogP contribution in [0.4, 0.5) is 4.39 Å². The molecule has 92 valence electrons. The van der Waals surface area contributed by atoms with Gasteiger partial charge in [0.15, 0.2) is 5.11 Å². The van der Waals surface area contributed by atoms with Gasteiger partial charge in [-0.25, -0.2) is 4.39 Å². The molecule has 0 aromatic heterocycles.